The fraction of sp³-hybridized carbons (Fsp3) is 0.707. The van der Waals surface area contributed by atoms with Crippen molar-refractivity contribution in [3.8, 4) is 5.75 Å². The lowest BCUT2D eigenvalue weighted by atomic mass is 9.68. The number of hydrogen-bond acceptors (Lipinski definition) is 8. The Balaban J connectivity index is 3.35. The van der Waals surface area contributed by atoms with Gasteiger partial charge in [-0.05, 0) is 77.5 Å². The van der Waals surface area contributed by atoms with Crippen molar-refractivity contribution < 1.29 is 38.5 Å². The summed E-state index contributed by atoms with van der Waals surface area (Å²) in [5.74, 6) is 0.617. The van der Waals surface area contributed by atoms with Crippen LogP contribution in [0.4, 0.5) is 0 Å². The van der Waals surface area contributed by atoms with Crippen molar-refractivity contribution in [2.75, 3.05) is 19.8 Å². The topological polar surface area (TPSA) is 129 Å². The van der Waals surface area contributed by atoms with E-state index in [0.29, 0.717) is 5.75 Å². The molecule has 0 aliphatic heterocycles. The lowest BCUT2D eigenvalue weighted by molar-refractivity contribution is -0.0664. The number of aliphatic hydroxyl groups is 1. The zero-order valence-electron chi connectivity index (χ0n) is 34.9. The zero-order valence-corrected chi connectivity index (χ0v) is 36.7. The Morgan fingerprint density at radius 1 is 0.471 bits per heavy atom. The highest BCUT2D eigenvalue weighted by Crippen LogP contribution is 2.51. The molecule has 0 aliphatic rings. The molecule has 0 amide bonds. The van der Waals surface area contributed by atoms with Gasteiger partial charge in [-0.15, -0.1) is 0 Å². The molecule has 0 fully saturated rings. The highest BCUT2D eigenvalue weighted by Gasteiger charge is 2.47. The summed E-state index contributed by atoms with van der Waals surface area (Å²) in [6.45, 7) is 37.8. The van der Waals surface area contributed by atoms with Gasteiger partial charge in [0.15, 0.2) is 0 Å². The first-order chi connectivity index (χ1) is 22.7. The first-order valence-electron chi connectivity index (χ1n) is 17.9. The minimum absolute atomic E-state index is 0.167. The molecule has 0 saturated carbocycles. The van der Waals surface area contributed by atoms with E-state index in [9.17, 15) is 24.7 Å². The van der Waals surface area contributed by atoms with Crippen LogP contribution in [0.15, 0.2) is 24.3 Å². The number of hydrogen-bond donors (Lipinski definition) is 5. The summed E-state index contributed by atoms with van der Waals surface area (Å²) in [6, 6.07) is 8.79. The lowest BCUT2D eigenvalue weighted by Crippen LogP contribution is -2.45. The number of aliphatic hydroxyl groups excluding tert-OH is 1. The molecule has 8 nitrogen and oxygen atoms in total. The normalized spacial score (nSPS) is 14.8. The van der Waals surface area contributed by atoms with Crippen molar-refractivity contribution in [2.24, 2.45) is 5.41 Å². The molecule has 0 aliphatic carbocycles. The van der Waals surface area contributed by atoms with Gasteiger partial charge in [0.1, 0.15) is 11.9 Å². The maximum atomic E-state index is 11.4. The SMILES string of the molecule is CC(C)(C)c1cc(C(C)(C)C)c(C(C)(C)C)cc1OC(c1cc(C(C)(C)C)c(C(C)(C)C)cc1C(C)(C)C)C(CO)(COP(O)O)COP(O)O. The second-order valence-electron chi connectivity index (χ2n) is 20.4. The van der Waals surface area contributed by atoms with Crippen molar-refractivity contribution in [3.05, 3.63) is 63.2 Å². The van der Waals surface area contributed by atoms with E-state index in [-0.39, 0.29) is 27.1 Å². The van der Waals surface area contributed by atoms with Crippen LogP contribution < -0.4 is 4.74 Å². The van der Waals surface area contributed by atoms with Gasteiger partial charge in [0, 0.05) is 0 Å². The first-order valence-corrected chi connectivity index (χ1v) is 20.3. The van der Waals surface area contributed by atoms with Crippen molar-refractivity contribution in [1.29, 1.82) is 0 Å². The predicted octanol–water partition coefficient (Wildman–Crippen LogP) is 10.0. The first kappa shape index (κ1) is 46.0. The van der Waals surface area contributed by atoms with Crippen LogP contribution in [0.2, 0.25) is 0 Å². The molecule has 10 heteroatoms. The van der Waals surface area contributed by atoms with Crippen LogP contribution in [0.25, 0.3) is 0 Å². The molecule has 0 heterocycles. The summed E-state index contributed by atoms with van der Waals surface area (Å²) >= 11 is 0. The number of ether oxygens (including phenoxy) is 1. The average molecular weight is 753 g/mol. The quantitative estimate of drug-likeness (QED) is 0.144. The Morgan fingerprint density at radius 2 is 0.784 bits per heavy atom. The number of benzene rings is 2. The summed E-state index contributed by atoms with van der Waals surface area (Å²) in [6.07, 6.45) is -1.01. The Labute approximate surface area is 312 Å². The number of rotatable bonds is 11. The van der Waals surface area contributed by atoms with E-state index < -0.39 is 54.0 Å². The van der Waals surface area contributed by atoms with Crippen LogP contribution in [-0.4, -0.2) is 44.5 Å². The molecule has 0 saturated heterocycles. The van der Waals surface area contributed by atoms with Crippen molar-refractivity contribution in [1.82, 2.24) is 0 Å². The largest absolute Gasteiger partial charge is 0.485 e. The predicted molar refractivity (Wildman–Crippen MR) is 213 cm³/mol. The van der Waals surface area contributed by atoms with Crippen LogP contribution in [0.1, 0.15) is 170 Å². The molecule has 2 aromatic rings. The molecule has 0 spiro atoms. The van der Waals surface area contributed by atoms with E-state index in [1.54, 1.807) is 0 Å². The summed E-state index contributed by atoms with van der Waals surface area (Å²) in [4.78, 5) is 40.1. The molecule has 0 bridgehead atoms. The second-order valence-corrected chi connectivity index (χ2v) is 22.0. The molecule has 1 unspecified atom stereocenters. The van der Waals surface area contributed by atoms with E-state index in [4.69, 9.17) is 13.8 Å². The standard InChI is InChI=1S/C41H70O8P2/c1-35(2,3)27-20-29(37(7,8)9)28(36(4,5)6)19-26(27)34(41(23-42,24-47-50(43)44)25-48-51(45)46)49-33-22-31(39(13,14)15)30(38(10,11)12)21-32(33)40(16,17)18/h19-22,34,42-46H,23-25H2,1-18H3. The van der Waals surface area contributed by atoms with E-state index in [0.717, 1.165) is 27.8 Å². The van der Waals surface area contributed by atoms with Crippen LogP contribution in [0.3, 0.4) is 0 Å². The van der Waals surface area contributed by atoms with Gasteiger partial charge < -0.3 is 38.5 Å². The Bertz CT molecular complexity index is 1460. The Kier molecular flexibility index (Phi) is 14.3. The molecule has 2 aromatic carbocycles. The molecular formula is C41H70O8P2. The molecule has 292 valence electrons. The minimum atomic E-state index is -2.83. The Morgan fingerprint density at radius 3 is 1.10 bits per heavy atom. The Hall–Kier alpha value is -1.18. The van der Waals surface area contributed by atoms with Gasteiger partial charge in [-0.25, -0.2) is 0 Å². The summed E-state index contributed by atoms with van der Waals surface area (Å²) in [5, 5.41) is 11.4. The van der Waals surface area contributed by atoms with E-state index >= 15 is 0 Å². The van der Waals surface area contributed by atoms with E-state index in [2.05, 4.69) is 149 Å². The fourth-order valence-corrected chi connectivity index (χ4v) is 7.36. The van der Waals surface area contributed by atoms with Crippen LogP contribution in [0, 0.1) is 5.41 Å². The maximum absolute atomic E-state index is 11.4. The molecule has 0 radical (unpaired) electrons. The van der Waals surface area contributed by atoms with Crippen molar-refractivity contribution >= 4 is 17.2 Å². The van der Waals surface area contributed by atoms with Gasteiger partial charge in [-0.1, -0.05) is 143 Å². The molecule has 5 N–H and O–H groups in total. The lowest BCUT2D eigenvalue weighted by Gasteiger charge is -2.43. The molecular weight excluding hydrogens is 682 g/mol. The monoisotopic (exact) mass is 752 g/mol. The van der Waals surface area contributed by atoms with Crippen LogP contribution in [-0.2, 0) is 41.5 Å². The minimum Gasteiger partial charge on any atom is -0.485 e. The zero-order chi connectivity index (χ0) is 39.9. The third kappa shape index (κ3) is 11.7. The van der Waals surface area contributed by atoms with Gasteiger partial charge in [0.2, 0.25) is 0 Å². The summed E-state index contributed by atoms with van der Waals surface area (Å²) < 4.78 is 18.4. The smallest absolute Gasteiger partial charge is 0.327 e. The summed E-state index contributed by atoms with van der Waals surface area (Å²) in [7, 11) is -5.66. The van der Waals surface area contributed by atoms with Gasteiger partial charge in [0.25, 0.3) is 0 Å². The van der Waals surface area contributed by atoms with Gasteiger partial charge in [-0.2, -0.15) is 0 Å². The highest BCUT2D eigenvalue weighted by atomic mass is 31.2. The third-order valence-electron chi connectivity index (χ3n) is 9.49. The molecule has 1 atom stereocenters. The highest BCUT2D eigenvalue weighted by molar-refractivity contribution is 7.39. The van der Waals surface area contributed by atoms with Gasteiger partial charge >= 0.3 is 17.2 Å². The maximum Gasteiger partial charge on any atom is 0.327 e. The molecule has 2 rings (SSSR count). The van der Waals surface area contributed by atoms with Gasteiger partial charge in [-0.3, -0.25) is 0 Å². The fourth-order valence-electron chi connectivity index (χ4n) is 6.61. The van der Waals surface area contributed by atoms with Gasteiger partial charge in [0.05, 0.1) is 25.2 Å². The average Bonchev–Trinajstić information content (AvgIpc) is 2.92. The van der Waals surface area contributed by atoms with E-state index in [1.807, 2.05) is 0 Å². The van der Waals surface area contributed by atoms with Crippen LogP contribution >= 0.6 is 17.2 Å². The third-order valence-corrected chi connectivity index (χ3v) is 10.2. The van der Waals surface area contributed by atoms with Crippen molar-refractivity contribution in [3.63, 3.8) is 0 Å². The van der Waals surface area contributed by atoms with E-state index in [1.165, 1.54) is 11.1 Å². The van der Waals surface area contributed by atoms with Crippen LogP contribution in [0.5, 0.6) is 5.75 Å². The van der Waals surface area contributed by atoms with Crippen molar-refractivity contribution in [2.45, 2.75) is 163 Å². The second kappa shape index (κ2) is 15.9. The molecule has 0 aromatic heterocycles. The molecule has 51 heavy (non-hydrogen) atoms. The summed E-state index contributed by atoms with van der Waals surface area (Å²) in [5.41, 5.74) is 4.17.